The number of aromatic amines is 1. The summed E-state index contributed by atoms with van der Waals surface area (Å²) in [5, 5.41) is 9.87. The Morgan fingerprint density at radius 1 is 1.16 bits per heavy atom. The molecule has 0 bridgehead atoms. The Bertz CT molecular complexity index is 1170. The second kappa shape index (κ2) is 9.33. The zero-order valence-electron chi connectivity index (χ0n) is 17.1. The fourth-order valence-electron chi connectivity index (χ4n) is 2.89. The summed E-state index contributed by atoms with van der Waals surface area (Å²) in [6.07, 6.45) is 1.84. The van der Waals surface area contributed by atoms with E-state index in [1.807, 2.05) is 0 Å². The SMILES string of the molecule is COCC(COC)Oc1cc(Oc2ccc(S(C)(=O)=O)cn2)cc2cc(C(=O)O)[nH]c12. The molecule has 2 aromatic heterocycles. The van der Waals surface area contributed by atoms with Gasteiger partial charge in [-0.3, -0.25) is 0 Å². The van der Waals surface area contributed by atoms with Crippen molar-refractivity contribution in [1.82, 2.24) is 9.97 Å². The van der Waals surface area contributed by atoms with Crippen molar-refractivity contribution in [2.75, 3.05) is 33.7 Å². The molecule has 11 heteroatoms. The van der Waals surface area contributed by atoms with Crippen LogP contribution in [-0.2, 0) is 19.3 Å². The topological polar surface area (TPSA) is 137 Å². The van der Waals surface area contributed by atoms with Crippen LogP contribution in [-0.4, -0.2) is 69.3 Å². The smallest absolute Gasteiger partial charge is 0.352 e. The summed E-state index contributed by atoms with van der Waals surface area (Å²) in [5.74, 6) is -0.288. The average Bonchev–Trinajstić information content (AvgIpc) is 3.13. The molecule has 3 aromatic rings. The predicted octanol–water partition coefficient (Wildman–Crippen LogP) is 2.50. The maximum atomic E-state index is 11.6. The van der Waals surface area contributed by atoms with Crippen LogP contribution in [0.2, 0.25) is 0 Å². The normalized spacial score (nSPS) is 11.7. The third kappa shape index (κ3) is 5.51. The Balaban J connectivity index is 1.98. The van der Waals surface area contributed by atoms with Crippen LogP contribution in [0.4, 0.5) is 0 Å². The van der Waals surface area contributed by atoms with Gasteiger partial charge in [0.05, 0.1) is 23.6 Å². The van der Waals surface area contributed by atoms with E-state index >= 15 is 0 Å². The van der Waals surface area contributed by atoms with E-state index in [0.717, 1.165) is 6.26 Å². The highest BCUT2D eigenvalue weighted by molar-refractivity contribution is 7.90. The van der Waals surface area contributed by atoms with E-state index in [1.54, 1.807) is 12.1 Å². The van der Waals surface area contributed by atoms with Gasteiger partial charge in [-0.25, -0.2) is 18.2 Å². The second-order valence-corrected chi connectivity index (χ2v) is 8.75. The van der Waals surface area contributed by atoms with Gasteiger partial charge in [0, 0.05) is 44.2 Å². The molecular formula is C20H22N2O8S. The number of hydrogen-bond donors (Lipinski definition) is 2. The maximum absolute atomic E-state index is 11.6. The number of ether oxygens (including phenoxy) is 4. The summed E-state index contributed by atoms with van der Waals surface area (Å²) in [4.78, 5) is 18.3. The van der Waals surface area contributed by atoms with Gasteiger partial charge in [0.25, 0.3) is 0 Å². The van der Waals surface area contributed by atoms with Crippen molar-refractivity contribution in [3.63, 3.8) is 0 Å². The summed E-state index contributed by atoms with van der Waals surface area (Å²) < 4.78 is 45.2. The lowest BCUT2D eigenvalue weighted by atomic mass is 10.2. The van der Waals surface area contributed by atoms with E-state index in [2.05, 4.69) is 9.97 Å². The van der Waals surface area contributed by atoms with Crippen molar-refractivity contribution >= 4 is 26.7 Å². The van der Waals surface area contributed by atoms with Crippen molar-refractivity contribution < 1.29 is 37.3 Å². The number of aromatic carboxylic acids is 1. The number of H-pyrrole nitrogens is 1. The molecule has 0 saturated heterocycles. The number of nitrogens with zero attached hydrogens (tertiary/aromatic N) is 1. The molecule has 0 spiro atoms. The summed E-state index contributed by atoms with van der Waals surface area (Å²) in [6, 6.07) is 7.48. The summed E-state index contributed by atoms with van der Waals surface area (Å²) in [5.41, 5.74) is 0.463. The Hall–Kier alpha value is -3.15. The lowest BCUT2D eigenvalue weighted by molar-refractivity contribution is 0.0251. The molecule has 0 aliphatic heterocycles. The molecule has 2 heterocycles. The Labute approximate surface area is 178 Å². The van der Waals surface area contributed by atoms with Crippen molar-refractivity contribution in [2.45, 2.75) is 11.0 Å². The quantitative estimate of drug-likeness (QED) is 0.477. The molecule has 0 fully saturated rings. The van der Waals surface area contributed by atoms with Gasteiger partial charge >= 0.3 is 5.97 Å². The summed E-state index contributed by atoms with van der Waals surface area (Å²) >= 11 is 0. The monoisotopic (exact) mass is 450 g/mol. The van der Waals surface area contributed by atoms with Crippen molar-refractivity contribution in [1.29, 1.82) is 0 Å². The zero-order chi connectivity index (χ0) is 22.6. The highest BCUT2D eigenvalue weighted by Crippen LogP contribution is 2.34. The number of nitrogens with one attached hydrogen (secondary N) is 1. The first-order chi connectivity index (χ1) is 14.7. The van der Waals surface area contributed by atoms with Crippen molar-refractivity contribution in [3.05, 3.63) is 42.2 Å². The van der Waals surface area contributed by atoms with Crippen LogP contribution in [0.3, 0.4) is 0 Å². The highest BCUT2D eigenvalue weighted by atomic mass is 32.2. The molecular weight excluding hydrogens is 428 g/mol. The lowest BCUT2D eigenvalue weighted by Crippen LogP contribution is -2.27. The Morgan fingerprint density at radius 2 is 1.87 bits per heavy atom. The number of methoxy groups -OCH3 is 2. The third-order valence-corrected chi connectivity index (χ3v) is 5.35. The maximum Gasteiger partial charge on any atom is 0.352 e. The van der Waals surface area contributed by atoms with E-state index in [9.17, 15) is 18.3 Å². The molecule has 166 valence electrons. The largest absolute Gasteiger partial charge is 0.483 e. The van der Waals surface area contributed by atoms with Gasteiger partial charge in [-0.05, 0) is 18.2 Å². The van der Waals surface area contributed by atoms with Crippen LogP contribution in [0.1, 0.15) is 10.5 Å². The molecule has 0 atom stereocenters. The molecule has 0 aliphatic rings. The molecule has 2 N–H and O–H groups in total. The van der Waals surface area contributed by atoms with Crippen LogP contribution in [0.25, 0.3) is 10.9 Å². The van der Waals surface area contributed by atoms with Crippen LogP contribution in [0.5, 0.6) is 17.4 Å². The van der Waals surface area contributed by atoms with E-state index < -0.39 is 21.9 Å². The molecule has 0 aliphatic carbocycles. The summed E-state index contributed by atoms with van der Waals surface area (Å²) in [7, 11) is -0.316. The van der Waals surface area contributed by atoms with Crippen LogP contribution < -0.4 is 9.47 Å². The summed E-state index contributed by atoms with van der Waals surface area (Å²) in [6.45, 7) is 0.503. The number of benzene rings is 1. The fraction of sp³-hybridized carbons (Fsp3) is 0.300. The molecule has 0 saturated carbocycles. The van der Waals surface area contributed by atoms with Crippen LogP contribution >= 0.6 is 0 Å². The minimum Gasteiger partial charge on any atom is -0.483 e. The number of hydrogen-bond acceptors (Lipinski definition) is 8. The fourth-order valence-corrected chi connectivity index (χ4v) is 3.45. The third-order valence-electron chi connectivity index (χ3n) is 4.25. The highest BCUT2D eigenvalue weighted by Gasteiger charge is 2.18. The molecule has 1 aromatic carbocycles. The van der Waals surface area contributed by atoms with Crippen LogP contribution in [0, 0.1) is 0 Å². The van der Waals surface area contributed by atoms with Crippen molar-refractivity contribution in [2.24, 2.45) is 0 Å². The first kappa shape index (κ1) is 22.5. The minimum absolute atomic E-state index is 0.0114. The molecule has 31 heavy (non-hydrogen) atoms. The van der Waals surface area contributed by atoms with E-state index in [4.69, 9.17) is 18.9 Å². The molecule has 0 radical (unpaired) electrons. The number of sulfone groups is 1. The lowest BCUT2D eigenvalue weighted by Gasteiger charge is -2.18. The number of carboxylic acids is 1. The molecule has 0 unspecified atom stereocenters. The van der Waals surface area contributed by atoms with E-state index in [0.29, 0.717) is 22.4 Å². The standard InChI is InChI=1S/C20H22N2O8S/c1-27-10-14(11-28-2)29-17-8-13(6-12-7-16(20(23)24)22-19(12)17)30-18-5-4-15(9-21-18)31(3,25)26/h4-9,14,22H,10-11H2,1-3H3,(H,23,24). The average molecular weight is 450 g/mol. The molecule has 10 nitrogen and oxygen atoms in total. The van der Waals surface area contributed by atoms with Gasteiger partial charge in [-0.2, -0.15) is 0 Å². The van der Waals surface area contributed by atoms with Gasteiger partial charge in [0.2, 0.25) is 5.88 Å². The number of rotatable bonds is 10. The zero-order valence-corrected chi connectivity index (χ0v) is 17.9. The number of carboxylic acid groups (broad SMARTS) is 1. The second-order valence-electron chi connectivity index (χ2n) is 6.73. The van der Waals surface area contributed by atoms with E-state index in [1.165, 1.54) is 38.6 Å². The van der Waals surface area contributed by atoms with Gasteiger partial charge in [-0.15, -0.1) is 0 Å². The predicted molar refractivity (Wildman–Crippen MR) is 111 cm³/mol. The minimum atomic E-state index is -3.38. The molecule has 3 rings (SSSR count). The van der Waals surface area contributed by atoms with Crippen LogP contribution in [0.15, 0.2) is 41.4 Å². The first-order valence-electron chi connectivity index (χ1n) is 9.10. The number of fused-ring (bicyclic) bond motifs is 1. The Kier molecular flexibility index (Phi) is 6.78. The number of pyridine rings is 1. The van der Waals surface area contributed by atoms with Crippen molar-refractivity contribution in [3.8, 4) is 17.4 Å². The van der Waals surface area contributed by atoms with E-state index in [-0.39, 0.29) is 29.7 Å². The van der Waals surface area contributed by atoms with Gasteiger partial charge in [-0.1, -0.05) is 0 Å². The van der Waals surface area contributed by atoms with Gasteiger partial charge in [0.1, 0.15) is 23.3 Å². The number of carbonyl (C=O) groups is 1. The first-order valence-corrected chi connectivity index (χ1v) is 11.0. The Morgan fingerprint density at radius 3 is 2.42 bits per heavy atom. The molecule has 0 amide bonds. The van der Waals surface area contributed by atoms with Gasteiger partial charge in [0.15, 0.2) is 9.84 Å². The van der Waals surface area contributed by atoms with Gasteiger partial charge < -0.3 is 29.0 Å². The number of aromatic nitrogens is 2.